The summed E-state index contributed by atoms with van der Waals surface area (Å²) in [4.78, 5) is 10.7. The predicted molar refractivity (Wildman–Crippen MR) is 65.2 cm³/mol. The first-order valence-electron chi connectivity index (χ1n) is 5.29. The van der Waals surface area contributed by atoms with Crippen LogP contribution < -0.4 is 10.1 Å². The number of carboxylic acid groups (broad SMARTS) is 1. The average Bonchev–Trinajstić information content (AvgIpc) is 2.34. The van der Waals surface area contributed by atoms with Gasteiger partial charge in [0, 0.05) is 6.54 Å². The van der Waals surface area contributed by atoms with Crippen molar-refractivity contribution in [1.29, 1.82) is 0 Å². The highest BCUT2D eigenvalue weighted by molar-refractivity contribution is 5.87. The molecule has 1 unspecified atom stereocenters. The normalized spacial score (nSPS) is 11.5. The molecular formula is C13H15NO3. The fourth-order valence-electron chi connectivity index (χ4n) is 1.22. The topological polar surface area (TPSA) is 58.6 Å². The number of ether oxygens (including phenoxy) is 1. The number of rotatable bonds is 6. The zero-order valence-electron chi connectivity index (χ0n) is 9.64. The highest BCUT2D eigenvalue weighted by Crippen LogP contribution is 2.12. The molecular weight excluding hydrogens is 218 g/mol. The van der Waals surface area contributed by atoms with Crippen LogP contribution in [0.15, 0.2) is 24.3 Å². The molecule has 0 saturated heterocycles. The molecule has 0 aliphatic heterocycles. The number of nitrogens with one attached hydrogen (secondary N) is 1. The molecule has 1 aromatic carbocycles. The Bertz CT molecular complexity index is 423. The lowest BCUT2D eigenvalue weighted by atomic mass is 10.2. The van der Waals surface area contributed by atoms with Gasteiger partial charge in [-0.15, -0.1) is 6.42 Å². The molecule has 0 aliphatic rings. The summed E-state index contributed by atoms with van der Waals surface area (Å²) in [5.74, 6) is 2.12. The summed E-state index contributed by atoms with van der Waals surface area (Å²) < 4.78 is 5.40. The molecule has 0 aromatic heterocycles. The lowest BCUT2D eigenvalue weighted by Crippen LogP contribution is -2.28. The fourth-order valence-corrected chi connectivity index (χ4v) is 1.22. The van der Waals surface area contributed by atoms with Crippen molar-refractivity contribution in [1.82, 2.24) is 5.32 Å². The molecule has 1 aromatic rings. The second kappa shape index (κ2) is 6.56. The van der Waals surface area contributed by atoms with Gasteiger partial charge in [0.05, 0.1) is 11.6 Å². The van der Waals surface area contributed by atoms with Crippen LogP contribution in [-0.2, 0) is 0 Å². The molecule has 0 bridgehead atoms. The Hall–Kier alpha value is -1.99. The second-order valence-electron chi connectivity index (χ2n) is 3.52. The fraction of sp³-hybridized carbons (Fsp3) is 0.308. The van der Waals surface area contributed by atoms with E-state index in [4.69, 9.17) is 16.3 Å². The van der Waals surface area contributed by atoms with Crippen LogP contribution in [-0.4, -0.2) is 30.3 Å². The molecule has 4 heteroatoms. The van der Waals surface area contributed by atoms with Crippen LogP contribution in [0.3, 0.4) is 0 Å². The number of carboxylic acids is 1. The van der Waals surface area contributed by atoms with Gasteiger partial charge in [-0.3, -0.25) is 0 Å². The molecule has 0 heterocycles. The Morgan fingerprint density at radius 2 is 2.41 bits per heavy atom. The maximum atomic E-state index is 10.7. The summed E-state index contributed by atoms with van der Waals surface area (Å²) in [5, 5.41) is 11.9. The van der Waals surface area contributed by atoms with E-state index in [0.29, 0.717) is 18.9 Å². The number of hydrogen-bond acceptors (Lipinski definition) is 3. The van der Waals surface area contributed by atoms with Crippen LogP contribution in [0.5, 0.6) is 5.75 Å². The summed E-state index contributed by atoms with van der Waals surface area (Å²) in [6.45, 7) is 2.93. The van der Waals surface area contributed by atoms with Gasteiger partial charge in [-0.1, -0.05) is 12.0 Å². The lowest BCUT2D eigenvalue weighted by molar-refractivity contribution is 0.0696. The van der Waals surface area contributed by atoms with E-state index in [1.54, 1.807) is 12.1 Å². The number of terminal acetylenes is 1. The van der Waals surface area contributed by atoms with Crippen molar-refractivity contribution in [3.8, 4) is 18.1 Å². The van der Waals surface area contributed by atoms with Crippen LogP contribution in [0.1, 0.15) is 17.3 Å². The number of aromatic carboxylic acids is 1. The van der Waals surface area contributed by atoms with Crippen LogP contribution >= 0.6 is 0 Å². The molecule has 1 atom stereocenters. The van der Waals surface area contributed by atoms with E-state index in [0.717, 1.165) is 0 Å². The van der Waals surface area contributed by atoms with E-state index in [2.05, 4.69) is 11.2 Å². The van der Waals surface area contributed by atoms with Gasteiger partial charge in [-0.25, -0.2) is 4.79 Å². The van der Waals surface area contributed by atoms with Crippen molar-refractivity contribution in [2.75, 3.05) is 13.2 Å². The van der Waals surface area contributed by atoms with Crippen LogP contribution in [0.25, 0.3) is 0 Å². The van der Waals surface area contributed by atoms with Crippen molar-refractivity contribution >= 4 is 5.97 Å². The van der Waals surface area contributed by atoms with Gasteiger partial charge in [-0.05, 0) is 25.1 Å². The molecule has 4 nitrogen and oxygen atoms in total. The molecule has 0 aliphatic carbocycles. The zero-order valence-corrected chi connectivity index (χ0v) is 9.64. The monoisotopic (exact) mass is 233 g/mol. The molecule has 2 N–H and O–H groups in total. The van der Waals surface area contributed by atoms with Crippen LogP contribution in [0.4, 0.5) is 0 Å². The number of benzene rings is 1. The molecule has 0 amide bonds. The number of carbonyl (C=O) groups is 1. The van der Waals surface area contributed by atoms with Gasteiger partial charge < -0.3 is 15.2 Å². The first-order chi connectivity index (χ1) is 8.13. The van der Waals surface area contributed by atoms with Gasteiger partial charge >= 0.3 is 5.97 Å². The minimum absolute atomic E-state index is 0.00366. The highest BCUT2D eigenvalue weighted by Gasteiger charge is 2.03. The second-order valence-corrected chi connectivity index (χ2v) is 3.52. The van der Waals surface area contributed by atoms with E-state index in [9.17, 15) is 4.79 Å². The standard InChI is InChI=1S/C13H15NO3/c1-3-10(2)14-7-8-17-12-6-4-5-11(9-12)13(15)16/h1,4-6,9-10,14H,7-8H2,2H3,(H,15,16). The van der Waals surface area contributed by atoms with Gasteiger partial charge in [0.25, 0.3) is 0 Å². The molecule has 0 radical (unpaired) electrons. The van der Waals surface area contributed by atoms with E-state index < -0.39 is 5.97 Å². The number of hydrogen-bond donors (Lipinski definition) is 2. The summed E-state index contributed by atoms with van der Waals surface area (Å²) in [6, 6.07) is 6.39. The molecule has 0 saturated carbocycles. The Kier molecular flexibility index (Phi) is 5.05. The third-order valence-electron chi connectivity index (χ3n) is 2.15. The van der Waals surface area contributed by atoms with E-state index in [-0.39, 0.29) is 11.6 Å². The molecule has 1 rings (SSSR count). The first-order valence-corrected chi connectivity index (χ1v) is 5.29. The lowest BCUT2D eigenvalue weighted by Gasteiger charge is -2.09. The largest absolute Gasteiger partial charge is 0.492 e. The minimum Gasteiger partial charge on any atom is -0.492 e. The molecule has 90 valence electrons. The van der Waals surface area contributed by atoms with E-state index >= 15 is 0 Å². The van der Waals surface area contributed by atoms with Crippen LogP contribution in [0, 0.1) is 12.3 Å². The highest BCUT2D eigenvalue weighted by atomic mass is 16.5. The van der Waals surface area contributed by atoms with E-state index in [1.807, 2.05) is 6.92 Å². The summed E-state index contributed by atoms with van der Waals surface area (Å²) in [6.07, 6.45) is 5.20. The Labute approximate surface area is 101 Å². The van der Waals surface area contributed by atoms with Gasteiger partial charge in [-0.2, -0.15) is 0 Å². The van der Waals surface area contributed by atoms with Crippen molar-refractivity contribution in [3.05, 3.63) is 29.8 Å². The van der Waals surface area contributed by atoms with Crippen molar-refractivity contribution in [3.63, 3.8) is 0 Å². The van der Waals surface area contributed by atoms with E-state index in [1.165, 1.54) is 12.1 Å². The SMILES string of the molecule is C#CC(C)NCCOc1cccc(C(=O)O)c1. The van der Waals surface area contributed by atoms with Gasteiger partial charge in [0.2, 0.25) is 0 Å². The van der Waals surface area contributed by atoms with Crippen molar-refractivity contribution in [2.24, 2.45) is 0 Å². The molecule has 17 heavy (non-hydrogen) atoms. The molecule has 0 fully saturated rings. The predicted octanol–water partition coefficient (Wildman–Crippen LogP) is 1.37. The Morgan fingerprint density at radius 1 is 1.65 bits per heavy atom. The minimum atomic E-state index is -0.963. The average molecular weight is 233 g/mol. The van der Waals surface area contributed by atoms with Crippen molar-refractivity contribution in [2.45, 2.75) is 13.0 Å². The smallest absolute Gasteiger partial charge is 0.335 e. The third kappa shape index (κ3) is 4.58. The van der Waals surface area contributed by atoms with Gasteiger partial charge in [0.1, 0.15) is 12.4 Å². The van der Waals surface area contributed by atoms with Gasteiger partial charge in [0.15, 0.2) is 0 Å². The van der Waals surface area contributed by atoms with Crippen LogP contribution in [0.2, 0.25) is 0 Å². The maximum absolute atomic E-state index is 10.7. The molecule has 0 spiro atoms. The quantitative estimate of drug-likeness (QED) is 0.575. The third-order valence-corrected chi connectivity index (χ3v) is 2.15. The summed E-state index contributed by atoms with van der Waals surface area (Å²) >= 11 is 0. The Balaban J connectivity index is 2.40. The zero-order chi connectivity index (χ0) is 12.7. The summed E-state index contributed by atoms with van der Waals surface area (Å²) in [5.41, 5.74) is 0.215. The maximum Gasteiger partial charge on any atom is 0.335 e. The summed E-state index contributed by atoms with van der Waals surface area (Å²) in [7, 11) is 0. The first kappa shape index (κ1) is 13.1. The van der Waals surface area contributed by atoms with Crippen molar-refractivity contribution < 1.29 is 14.6 Å². The Morgan fingerprint density at radius 3 is 3.06 bits per heavy atom.